The van der Waals surface area contributed by atoms with Crippen LogP contribution in [-0.4, -0.2) is 42.1 Å². The Bertz CT molecular complexity index is 1000. The van der Waals surface area contributed by atoms with E-state index < -0.39 is 36.2 Å². The molecule has 0 aliphatic rings. The summed E-state index contributed by atoms with van der Waals surface area (Å²) in [7, 11) is 0. The van der Waals surface area contributed by atoms with Gasteiger partial charge in [-0.3, -0.25) is 19.2 Å². The number of esters is 4. The van der Waals surface area contributed by atoms with Crippen LogP contribution in [0.3, 0.4) is 0 Å². The molecule has 0 aliphatic carbocycles. The molecule has 0 aliphatic heterocycles. The van der Waals surface area contributed by atoms with Crippen molar-refractivity contribution < 1.29 is 38.1 Å². The Morgan fingerprint density at radius 1 is 0.744 bits per heavy atom. The Balaban J connectivity index is 2.98. The van der Waals surface area contributed by atoms with Crippen LogP contribution in [0.25, 0.3) is 0 Å². The van der Waals surface area contributed by atoms with Crippen molar-refractivity contribution in [2.75, 3.05) is 0 Å². The molecule has 9 heteroatoms. The summed E-state index contributed by atoms with van der Waals surface area (Å²) in [6.45, 7) is 18.6. The van der Waals surface area contributed by atoms with Crippen molar-refractivity contribution >= 4 is 23.9 Å². The lowest BCUT2D eigenvalue weighted by atomic mass is 9.92. The lowest BCUT2D eigenvalue weighted by molar-refractivity contribution is -0.166. The Labute approximate surface area is 233 Å². The van der Waals surface area contributed by atoms with E-state index in [1.807, 2.05) is 55.4 Å². The number of nitrogens with two attached hydrogens (primary N) is 1. The van der Waals surface area contributed by atoms with Gasteiger partial charge in [0.2, 0.25) is 0 Å². The van der Waals surface area contributed by atoms with Gasteiger partial charge in [0.15, 0.2) is 11.5 Å². The topological polar surface area (TPSA) is 131 Å². The molecule has 1 rings (SSSR count). The second-order valence-corrected chi connectivity index (χ2v) is 12.9. The van der Waals surface area contributed by atoms with Crippen LogP contribution in [0.1, 0.15) is 94.1 Å². The molecular formula is C30H47NO8. The van der Waals surface area contributed by atoms with E-state index in [-0.39, 0.29) is 59.9 Å². The first-order valence-electron chi connectivity index (χ1n) is 13.5. The quantitative estimate of drug-likeness (QED) is 0.278. The van der Waals surface area contributed by atoms with Crippen molar-refractivity contribution in [3.05, 3.63) is 23.8 Å². The van der Waals surface area contributed by atoms with E-state index in [4.69, 9.17) is 24.7 Å². The van der Waals surface area contributed by atoms with E-state index >= 15 is 0 Å². The predicted octanol–water partition coefficient (Wildman–Crippen LogP) is 5.15. The highest BCUT2D eigenvalue weighted by Gasteiger charge is 2.26. The minimum Gasteiger partial charge on any atom is -0.459 e. The molecule has 39 heavy (non-hydrogen) atoms. The maximum absolute atomic E-state index is 12.6. The fourth-order valence-corrected chi connectivity index (χ4v) is 3.42. The molecule has 0 amide bonds. The Morgan fingerprint density at radius 2 is 1.23 bits per heavy atom. The first-order chi connectivity index (χ1) is 17.8. The molecule has 3 atom stereocenters. The van der Waals surface area contributed by atoms with Gasteiger partial charge in [-0.25, -0.2) is 0 Å². The molecule has 2 N–H and O–H groups in total. The Kier molecular flexibility index (Phi) is 12.6. The second kappa shape index (κ2) is 14.4. The molecule has 1 aromatic rings. The van der Waals surface area contributed by atoms with Crippen LogP contribution in [0.5, 0.6) is 11.5 Å². The van der Waals surface area contributed by atoms with Gasteiger partial charge in [0.1, 0.15) is 18.2 Å². The summed E-state index contributed by atoms with van der Waals surface area (Å²) in [4.78, 5) is 49.6. The van der Waals surface area contributed by atoms with Crippen molar-refractivity contribution in [2.24, 2.45) is 22.5 Å². The SMILES string of the molecule is CC(C)CC(=O)OC(C)[C@H](C)OC(=O)[C@@H](N)Cc1ccc(OC(=O)CC(C)(C)C)c(OC(=O)CC(C)(C)C)c1. The molecule has 0 radical (unpaired) electrons. The van der Waals surface area contributed by atoms with Gasteiger partial charge in [-0.1, -0.05) is 61.5 Å². The zero-order valence-electron chi connectivity index (χ0n) is 25.2. The first-order valence-corrected chi connectivity index (χ1v) is 13.5. The van der Waals surface area contributed by atoms with Crippen LogP contribution in [0, 0.1) is 16.7 Å². The van der Waals surface area contributed by atoms with Crippen molar-refractivity contribution in [1.29, 1.82) is 0 Å². The minimum absolute atomic E-state index is 0.0728. The van der Waals surface area contributed by atoms with Crippen molar-refractivity contribution in [3.8, 4) is 11.5 Å². The van der Waals surface area contributed by atoms with E-state index in [0.29, 0.717) is 5.56 Å². The van der Waals surface area contributed by atoms with Crippen molar-refractivity contribution in [3.63, 3.8) is 0 Å². The number of carbonyl (C=O) groups excluding carboxylic acids is 4. The summed E-state index contributed by atoms with van der Waals surface area (Å²) in [6, 6.07) is 3.67. The molecule has 1 aromatic carbocycles. The molecule has 0 saturated heterocycles. The fourth-order valence-electron chi connectivity index (χ4n) is 3.42. The smallest absolute Gasteiger partial charge is 0.323 e. The van der Waals surface area contributed by atoms with Crippen molar-refractivity contribution in [1.82, 2.24) is 0 Å². The van der Waals surface area contributed by atoms with Gasteiger partial charge >= 0.3 is 23.9 Å². The van der Waals surface area contributed by atoms with Crippen LogP contribution < -0.4 is 15.2 Å². The number of hydrogen-bond acceptors (Lipinski definition) is 9. The Morgan fingerprint density at radius 3 is 1.72 bits per heavy atom. The molecule has 1 unspecified atom stereocenters. The van der Waals surface area contributed by atoms with Crippen molar-refractivity contribution in [2.45, 2.75) is 113 Å². The predicted molar refractivity (Wildman–Crippen MR) is 148 cm³/mol. The van der Waals surface area contributed by atoms with Gasteiger partial charge < -0.3 is 24.7 Å². The summed E-state index contributed by atoms with van der Waals surface area (Å²) in [5.41, 5.74) is 6.11. The molecular weight excluding hydrogens is 502 g/mol. The number of rotatable bonds is 12. The summed E-state index contributed by atoms with van der Waals surface area (Å²) in [5, 5.41) is 0. The molecule has 0 bridgehead atoms. The molecule has 0 saturated carbocycles. The maximum Gasteiger partial charge on any atom is 0.323 e. The normalized spacial score (nSPS) is 14.3. The van der Waals surface area contributed by atoms with E-state index in [9.17, 15) is 19.2 Å². The molecule has 0 aromatic heterocycles. The molecule has 0 heterocycles. The van der Waals surface area contributed by atoms with E-state index in [0.717, 1.165) is 0 Å². The monoisotopic (exact) mass is 549 g/mol. The highest BCUT2D eigenvalue weighted by Crippen LogP contribution is 2.32. The van der Waals surface area contributed by atoms with Crippen LogP contribution in [0.15, 0.2) is 18.2 Å². The zero-order valence-corrected chi connectivity index (χ0v) is 25.2. The first kappa shape index (κ1) is 34.1. The number of ether oxygens (including phenoxy) is 4. The lowest BCUT2D eigenvalue weighted by Crippen LogP contribution is -2.39. The van der Waals surface area contributed by atoms with E-state index in [1.54, 1.807) is 19.9 Å². The maximum atomic E-state index is 12.6. The summed E-state index contributed by atoms with van der Waals surface area (Å²) in [5.74, 6) is -1.63. The standard InChI is InChI=1S/C30H47NO8/c1-18(2)13-25(32)36-19(3)20(4)37-28(35)22(31)14-21-11-12-23(38-26(33)16-29(5,6)7)24(15-21)39-27(34)17-30(8,9)10/h11-12,15,18-20,22H,13-14,16-17,31H2,1-10H3/t19?,20-,22-/m0/s1. The third-order valence-electron chi connectivity index (χ3n) is 5.42. The largest absolute Gasteiger partial charge is 0.459 e. The molecule has 220 valence electrons. The van der Waals surface area contributed by atoms with Crippen LogP contribution in [0.4, 0.5) is 0 Å². The highest BCUT2D eigenvalue weighted by molar-refractivity contribution is 5.78. The van der Waals surface area contributed by atoms with Gasteiger partial charge in [0, 0.05) is 6.42 Å². The molecule has 0 fully saturated rings. The average molecular weight is 550 g/mol. The minimum atomic E-state index is -1.03. The summed E-state index contributed by atoms with van der Waals surface area (Å²) in [6.07, 6.45) is -0.663. The highest BCUT2D eigenvalue weighted by atomic mass is 16.6. The Hall–Kier alpha value is -2.94. The third kappa shape index (κ3) is 14.1. The fraction of sp³-hybridized carbons (Fsp3) is 0.667. The van der Waals surface area contributed by atoms with Gasteiger partial charge in [-0.05, 0) is 54.7 Å². The molecule has 0 spiro atoms. The van der Waals surface area contributed by atoms with E-state index in [1.165, 1.54) is 12.1 Å². The zero-order chi connectivity index (χ0) is 30.1. The average Bonchev–Trinajstić information content (AvgIpc) is 2.71. The summed E-state index contributed by atoms with van der Waals surface area (Å²) < 4.78 is 21.9. The van der Waals surface area contributed by atoms with Gasteiger partial charge in [0.05, 0.1) is 12.8 Å². The van der Waals surface area contributed by atoms with Gasteiger partial charge in [-0.2, -0.15) is 0 Å². The van der Waals surface area contributed by atoms with Gasteiger partial charge in [-0.15, -0.1) is 0 Å². The number of benzene rings is 1. The van der Waals surface area contributed by atoms with Gasteiger partial charge in [0.25, 0.3) is 0 Å². The number of carbonyl (C=O) groups is 4. The summed E-state index contributed by atoms with van der Waals surface area (Å²) >= 11 is 0. The van der Waals surface area contributed by atoms with E-state index in [2.05, 4.69) is 0 Å². The van der Waals surface area contributed by atoms with Crippen LogP contribution in [-0.2, 0) is 35.1 Å². The lowest BCUT2D eigenvalue weighted by Gasteiger charge is -2.23. The van der Waals surface area contributed by atoms with Crippen LogP contribution >= 0.6 is 0 Å². The third-order valence-corrected chi connectivity index (χ3v) is 5.42. The molecule has 9 nitrogen and oxygen atoms in total. The second-order valence-electron chi connectivity index (χ2n) is 12.9. The number of hydrogen-bond donors (Lipinski definition) is 1. The van der Waals surface area contributed by atoms with Crippen LogP contribution in [0.2, 0.25) is 0 Å².